The van der Waals surface area contributed by atoms with Gasteiger partial charge in [0, 0.05) is 32.5 Å². The summed E-state index contributed by atoms with van der Waals surface area (Å²) in [5.74, 6) is 0.411. The summed E-state index contributed by atoms with van der Waals surface area (Å²) in [6, 6.07) is 9.25. The Hall–Kier alpha value is -2.59. The maximum Gasteiger partial charge on any atom is 0.407 e. The van der Waals surface area contributed by atoms with Crippen molar-refractivity contribution in [1.29, 1.82) is 5.26 Å². The van der Waals surface area contributed by atoms with Crippen molar-refractivity contribution in [3.05, 3.63) is 35.4 Å². The van der Waals surface area contributed by atoms with Crippen LogP contribution in [-0.2, 0) is 11.3 Å². The summed E-state index contributed by atoms with van der Waals surface area (Å²) in [6.45, 7) is 5.31. The molecule has 144 valence electrons. The maximum atomic E-state index is 13.2. The van der Waals surface area contributed by atoms with Crippen molar-refractivity contribution in [3.8, 4) is 6.07 Å². The summed E-state index contributed by atoms with van der Waals surface area (Å²) in [4.78, 5) is 27.7. The molecule has 1 aromatic carbocycles. The van der Waals surface area contributed by atoms with Gasteiger partial charge in [0.05, 0.1) is 23.3 Å². The van der Waals surface area contributed by atoms with E-state index in [2.05, 4.69) is 25.2 Å². The summed E-state index contributed by atoms with van der Waals surface area (Å²) < 4.78 is 0. The smallest absolute Gasteiger partial charge is 0.407 e. The highest BCUT2D eigenvalue weighted by Gasteiger charge is 2.51. The first-order valence-electron chi connectivity index (χ1n) is 9.41. The first kappa shape index (κ1) is 19.2. The molecule has 0 saturated carbocycles. The minimum absolute atomic E-state index is 0.0419. The van der Waals surface area contributed by atoms with E-state index >= 15 is 0 Å². The molecule has 0 aromatic heterocycles. The number of hydrogen-bond donors (Lipinski definition) is 2. The zero-order valence-electron chi connectivity index (χ0n) is 15.8. The van der Waals surface area contributed by atoms with Gasteiger partial charge >= 0.3 is 6.09 Å². The van der Waals surface area contributed by atoms with Crippen molar-refractivity contribution in [2.45, 2.75) is 51.4 Å². The number of likely N-dealkylation sites (tertiary alicyclic amines) is 1. The average Bonchev–Trinajstić information content (AvgIpc) is 2.87. The lowest BCUT2D eigenvalue weighted by Gasteiger charge is -2.44. The largest absolute Gasteiger partial charge is 0.465 e. The van der Waals surface area contributed by atoms with Crippen LogP contribution < -0.4 is 5.32 Å². The van der Waals surface area contributed by atoms with Crippen molar-refractivity contribution in [2.75, 3.05) is 13.1 Å². The molecule has 2 saturated heterocycles. The second-order valence-electron chi connectivity index (χ2n) is 7.82. The van der Waals surface area contributed by atoms with Gasteiger partial charge in [0.1, 0.15) is 0 Å². The second kappa shape index (κ2) is 7.57. The molecule has 0 bridgehead atoms. The highest BCUT2D eigenvalue weighted by Crippen LogP contribution is 2.35. The number of carbonyl (C=O) groups excluding carboxylic acids is 1. The van der Waals surface area contributed by atoms with E-state index in [-0.39, 0.29) is 11.9 Å². The molecule has 27 heavy (non-hydrogen) atoms. The van der Waals surface area contributed by atoms with Crippen LogP contribution in [-0.4, -0.2) is 51.7 Å². The number of benzene rings is 1. The number of carboxylic acid groups (broad SMARTS) is 1. The molecule has 7 nitrogen and oxygen atoms in total. The Morgan fingerprint density at radius 2 is 2.04 bits per heavy atom. The molecule has 2 amide bonds. The standard InChI is InChI=1S/C20H26N4O3/c1-14(2)11-17-18(25)24(13-16-6-4-3-5-15(16)12-21)20(22-17)7-9-23(10-8-20)19(26)27/h3-6,14,17,22H,7-11,13H2,1-2H3,(H,26,27). The van der Waals surface area contributed by atoms with Crippen LogP contribution in [0.5, 0.6) is 0 Å². The molecule has 1 aromatic rings. The van der Waals surface area contributed by atoms with E-state index in [1.807, 2.05) is 23.1 Å². The predicted molar refractivity (Wildman–Crippen MR) is 99.6 cm³/mol. The van der Waals surface area contributed by atoms with Crippen molar-refractivity contribution in [3.63, 3.8) is 0 Å². The van der Waals surface area contributed by atoms with Gasteiger partial charge in [0.15, 0.2) is 0 Å². The third-order valence-electron chi connectivity index (χ3n) is 5.56. The summed E-state index contributed by atoms with van der Waals surface area (Å²) in [6.07, 6.45) is 0.914. The van der Waals surface area contributed by atoms with Crippen LogP contribution in [0, 0.1) is 17.2 Å². The fraction of sp³-hybridized carbons (Fsp3) is 0.550. The van der Waals surface area contributed by atoms with E-state index in [1.54, 1.807) is 6.07 Å². The molecule has 2 N–H and O–H groups in total. The molecule has 0 radical (unpaired) electrons. The molecule has 2 heterocycles. The third-order valence-corrected chi connectivity index (χ3v) is 5.56. The number of piperidine rings is 1. The number of nitrogens with zero attached hydrogens (tertiary/aromatic N) is 3. The topological polar surface area (TPSA) is 96.7 Å². The summed E-state index contributed by atoms with van der Waals surface area (Å²) in [5.41, 5.74) is 0.835. The molecule has 1 atom stereocenters. The van der Waals surface area contributed by atoms with Crippen molar-refractivity contribution in [2.24, 2.45) is 5.92 Å². The third kappa shape index (κ3) is 3.76. The van der Waals surface area contributed by atoms with Gasteiger partial charge in [0.2, 0.25) is 5.91 Å². The minimum Gasteiger partial charge on any atom is -0.465 e. The molecular formula is C20H26N4O3. The van der Waals surface area contributed by atoms with Gasteiger partial charge in [-0.3, -0.25) is 10.1 Å². The number of carbonyl (C=O) groups is 2. The number of nitrogens with one attached hydrogen (secondary N) is 1. The number of amides is 2. The van der Waals surface area contributed by atoms with Crippen LogP contribution in [0.15, 0.2) is 24.3 Å². The Kier molecular flexibility index (Phi) is 5.38. The lowest BCUT2D eigenvalue weighted by Crippen LogP contribution is -2.59. The van der Waals surface area contributed by atoms with Gasteiger partial charge in [-0.05, 0) is 24.0 Å². The molecule has 2 aliphatic rings. The Bertz CT molecular complexity index is 763. The van der Waals surface area contributed by atoms with E-state index in [9.17, 15) is 20.0 Å². The quantitative estimate of drug-likeness (QED) is 0.848. The molecule has 1 unspecified atom stereocenters. The predicted octanol–water partition coefficient (Wildman–Crippen LogP) is 2.37. The Labute approximate surface area is 159 Å². The first-order valence-corrected chi connectivity index (χ1v) is 9.41. The van der Waals surface area contributed by atoms with E-state index in [1.165, 1.54) is 4.90 Å². The van der Waals surface area contributed by atoms with Gasteiger partial charge < -0.3 is 14.9 Å². The lowest BCUT2D eigenvalue weighted by molar-refractivity contribution is -0.134. The zero-order chi connectivity index (χ0) is 19.6. The van der Waals surface area contributed by atoms with Crippen molar-refractivity contribution in [1.82, 2.24) is 15.1 Å². The molecule has 2 aliphatic heterocycles. The fourth-order valence-electron chi connectivity index (χ4n) is 4.14. The SMILES string of the molecule is CC(C)CC1NC2(CCN(C(=O)O)CC2)N(Cc2ccccc2C#N)C1=O. The normalized spacial score (nSPS) is 21.7. The van der Waals surface area contributed by atoms with Crippen LogP contribution >= 0.6 is 0 Å². The molecular weight excluding hydrogens is 344 g/mol. The number of rotatable bonds is 4. The van der Waals surface area contributed by atoms with Crippen molar-refractivity contribution < 1.29 is 14.7 Å². The summed E-state index contributed by atoms with van der Waals surface area (Å²) >= 11 is 0. The van der Waals surface area contributed by atoms with Gasteiger partial charge in [-0.15, -0.1) is 0 Å². The van der Waals surface area contributed by atoms with Crippen LogP contribution in [0.3, 0.4) is 0 Å². The number of hydrogen-bond acceptors (Lipinski definition) is 4. The Morgan fingerprint density at radius 1 is 1.37 bits per heavy atom. The summed E-state index contributed by atoms with van der Waals surface area (Å²) in [7, 11) is 0. The van der Waals surface area contributed by atoms with Gasteiger partial charge in [0.25, 0.3) is 0 Å². The van der Waals surface area contributed by atoms with E-state index in [4.69, 9.17) is 0 Å². The van der Waals surface area contributed by atoms with Gasteiger partial charge in [-0.1, -0.05) is 32.0 Å². The van der Waals surface area contributed by atoms with E-state index in [0.717, 1.165) is 12.0 Å². The Balaban J connectivity index is 1.88. The van der Waals surface area contributed by atoms with Crippen LogP contribution in [0.2, 0.25) is 0 Å². The highest BCUT2D eigenvalue weighted by molar-refractivity contribution is 5.85. The summed E-state index contributed by atoms with van der Waals surface area (Å²) in [5, 5.41) is 22.2. The van der Waals surface area contributed by atoms with E-state index < -0.39 is 11.8 Å². The average molecular weight is 370 g/mol. The second-order valence-corrected chi connectivity index (χ2v) is 7.82. The molecule has 3 rings (SSSR count). The van der Waals surface area contributed by atoms with Crippen LogP contribution in [0.1, 0.15) is 44.2 Å². The van der Waals surface area contributed by atoms with Gasteiger partial charge in [-0.2, -0.15) is 5.26 Å². The monoisotopic (exact) mass is 370 g/mol. The van der Waals surface area contributed by atoms with Gasteiger partial charge in [-0.25, -0.2) is 4.79 Å². The molecule has 2 fully saturated rings. The zero-order valence-corrected chi connectivity index (χ0v) is 15.8. The molecule has 0 aliphatic carbocycles. The fourth-order valence-corrected chi connectivity index (χ4v) is 4.14. The van der Waals surface area contributed by atoms with E-state index in [0.29, 0.717) is 44.0 Å². The highest BCUT2D eigenvalue weighted by atomic mass is 16.4. The Morgan fingerprint density at radius 3 is 2.63 bits per heavy atom. The first-order chi connectivity index (χ1) is 12.9. The number of nitriles is 1. The van der Waals surface area contributed by atoms with Crippen LogP contribution in [0.4, 0.5) is 4.79 Å². The molecule has 7 heteroatoms. The maximum absolute atomic E-state index is 13.2. The minimum atomic E-state index is -0.922. The lowest BCUT2D eigenvalue weighted by atomic mass is 9.95. The van der Waals surface area contributed by atoms with Crippen LogP contribution in [0.25, 0.3) is 0 Å². The molecule has 1 spiro atoms. The van der Waals surface area contributed by atoms with Crippen molar-refractivity contribution >= 4 is 12.0 Å².